The van der Waals surface area contributed by atoms with Crippen molar-refractivity contribution in [2.24, 2.45) is 0 Å². The quantitative estimate of drug-likeness (QED) is 0.289. The second kappa shape index (κ2) is 12.4. The van der Waals surface area contributed by atoms with Crippen LogP contribution in [0.4, 0.5) is 0 Å². The normalized spacial score (nSPS) is 22.5. The van der Waals surface area contributed by atoms with E-state index in [0.29, 0.717) is 17.9 Å². The first kappa shape index (κ1) is 28.6. The topological polar surface area (TPSA) is 112 Å². The molecule has 0 saturated carbocycles. The summed E-state index contributed by atoms with van der Waals surface area (Å²) in [6.45, 7) is 2.27. The summed E-state index contributed by atoms with van der Waals surface area (Å²) in [5.41, 5.74) is -0.0699. The van der Waals surface area contributed by atoms with Gasteiger partial charge < -0.3 is 23.8 Å². The summed E-state index contributed by atoms with van der Waals surface area (Å²) < 4.78 is 26.4. The van der Waals surface area contributed by atoms with Gasteiger partial charge in [0.15, 0.2) is 12.3 Å². The number of H-pyrrole nitrogens is 1. The summed E-state index contributed by atoms with van der Waals surface area (Å²) in [5.74, 6) is 0.295. The number of hydrogen-bond acceptors (Lipinski definition) is 7. The van der Waals surface area contributed by atoms with Crippen LogP contribution >= 0.6 is 0 Å². The Hall–Kier alpha value is -4.51. The van der Waals surface area contributed by atoms with Crippen molar-refractivity contribution in [3.63, 3.8) is 0 Å². The Kier molecular flexibility index (Phi) is 8.24. The zero-order valence-electron chi connectivity index (χ0n) is 23.8. The van der Waals surface area contributed by atoms with E-state index in [4.69, 9.17) is 18.9 Å². The van der Waals surface area contributed by atoms with Crippen molar-refractivity contribution in [2.75, 3.05) is 19.8 Å². The third-order valence-corrected chi connectivity index (χ3v) is 7.86. The molecule has 6 rings (SSSR count). The highest BCUT2D eigenvalue weighted by Crippen LogP contribution is 2.48. The number of hydrogen-bond donors (Lipinski definition) is 1. The highest BCUT2D eigenvalue weighted by atomic mass is 16.6. The van der Waals surface area contributed by atoms with Gasteiger partial charge in [0, 0.05) is 11.8 Å². The molecule has 1 aromatic heterocycles. The molecular formula is C33H33N3O7. The molecule has 3 aromatic carbocycles. The van der Waals surface area contributed by atoms with E-state index in [1.165, 1.54) is 10.8 Å². The molecule has 0 radical (unpaired) electrons. The predicted molar refractivity (Wildman–Crippen MR) is 157 cm³/mol. The molecule has 2 aliphatic rings. The van der Waals surface area contributed by atoms with Crippen molar-refractivity contribution in [1.29, 1.82) is 0 Å². The number of carbonyl (C=O) groups is 1. The number of amides is 1. The van der Waals surface area contributed by atoms with Gasteiger partial charge in [-0.2, -0.15) is 0 Å². The lowest BCUT2D eigenvalue weighted by Gasteiger charge is -2.53. The Bertz CT molecular complexity index is 1660. The maximum atomic E-state index is 13.6. The van der Waals surface area contributed by atoms with Gasteiger partial charge >= 0.3 is 5.69 Å². The van der Waals surface area contributed by atoms with Gasteiger partial charge in [0.05, 0.1) is 26.4 Å². The van der Waals surface area contributed by atoms with Crippen molar-refractivity contribution >= 4 is 5.91 Å². The highest BCUT2D eigenvalue weighted by Gasteiger charge is 2.68. The monoisotopic (exact) mass is 583 g/mol. The third kappa shape index (κ3) is 5.90. The molecule has 4 atom stereocenters. The first-order chi connectivity index (χ1) is 20.9. The number of benzene rings is 3. The first-order valence-electron chi connectivity index (χ1n) is 14.2. The second-order valence-electron chi connectivity index (χ2n) is 10.8. The van der Waals surface area contributed by atoms with Crippen molar-refractivity contribution < 1.29 is 23.7 Å². The van der Waals surface area contributed by atoms with Gasteiger partial charge in [-0.15, -0.1) is 0 Å². The maximum Gasteiger partial charge on any atom is 0.330 e. The summed E-state index contributed by atoms with van der Waals surface area (Å²) in [4.78, 5) is 43.0. The SMILES string of the molecule is Cc1cn([C@@]23CN(C(=O)COc4ccccc4)[C@@H]2[C@H](OCc2ccccc2)[C@@H](COCc2ccccc2)O3)c(=O)[nH]c1=O. The zero-order chi connectivity index (χ0) is 29.8. The fourth-order valence-electron chi connectivity index (χ4n) is 5.71. The number of likely N-dealkylation sites (tertiary alicyclic amines) is 1. The lowest BCUT2D eigenvalue weighted by atomic mass is 9.87. The largest absolute Gasteiger partial charge is 0.484 e. The number of aromatic amines is 1. The Labute approximate surface area is 248 Å². The van der Waals surface area contributed by atoms with E-state index < -0.39 is 35.2 Å². The lowest BCUT2D eigenvalue weighted by molar-refractivity contribution is -0.216. The Morgan fingerprint density at radius 3 is 2.23 bits per heavy atom. The lowest BCUT2D eigenvalue weighted by Crippen LogP contribution is -2.74. The van der Waals surface area contributed by atoms with Crippen LogP contribution in [0.5, 0.6) is 5.75 Å². The van der Waals surface area contributed by atoms with Crippen LogP contribution in [0.25, 0.3) is 0 Å². The molecule has 2 fully saturated rings. The fraction of sp³-hybridized carbons (Fsp3) is 0.303. The van der Waals surface area contributed by atoms with Gasteiger partial charge in [0.2, 0.25) is 0 Å². The van der Waals surface area contributed by atoms with Crippen molar-refractivity contribution in [2.45, 2.75) is 44.1 Å². The standard InChI is InChI=1S/C33H33N3O7/c1-23-17-36(32(39)34-31(23)38)33-22-35(28(37)21-41-26-15-9-4-10-16-26)30(33)29(42-19-25-13-7-3-8-14-25)27(43-33)20-40-18-24-11-5-2-6-12-24/h2-17,27,29-30H,18-22H2,1H3,(H,34,38,39)/t27-,29-,30-,33-/m1/s1. The molecule has 0 bridgehead atoms. The predicted octanol–water partition coefficient (Wildman–Crippen LogP) is 2.99. The van der Waals surface area contributed by atoms with Crippen LogP contribution in [-0.2, 0) is 37.9 Å². The molecule has 2 saturated heterocycles. The minimum absolute atomic E-state index is 0.0699. The fourth-order valence-corrected chi connectivity index (χ4v) is 5.71. The Morgan fingerprint density at radius 1 is 0.930 bits per heavy atom. The number of rotatable bonds is 11. The first-order valence-corrected chi connectivity index (χ1v) is 14.2. The average molecular weight is 584 g/mol. The number of fused-ring (bicyclic) bond motifs is 1. The Morgan fingerprint density at radius 2 is 1.56 bits per heavy atom. The number of ether oxygens (including phenoxy) is 4. The van der Waals surface area contributed by atoms with E-state index in [9.17, 15) is 14.4 Å². The zero-order valence-corrected chi connectivity index (χ0v) is 23.8. The van der Waals surface area contributed by atoms with Crippen molar-refractivity contribution in [3.05, 3.63) is 135 Å². The van der Waals surface area contributed by atoms with E-state index in [-0.39, 0.29) is 32.3 Å². The molecule has 10 heteroatoms. The molecule has 2 aliphatic heterocycles. The van der Waals surface area contributed by atoms with Gasteiger partial charge in [0.1, 0.15) is 24.0 Å². The minimum atomic E-state index is -1.27. The second-order valence-corrected chi connectivity index (χ2v) is 10.8. The Balaban J connectivity index is 1.31. The molecular weight excluding hydrogens is 550 g/mol. The summed E-state index contributed by atoms with van der Waals surface area (Å²) >= 11 is 0. The maximum absolute atomic E-state index is 13.6. The number of carbonyl (C=O) groups excluding carboxylic acids is 1. The molecule has 0 aliphatic carbocycles. The molecule has 43 heavy (non-hydrogen) atoms. The number of para-hydroxylation sites is 1. The van der Waals surface area contributed by atoms with Crippen LogP contribution in [0.3, 0.4) is 0 Å². The van der Waals surface area contributed by atoms with Gasteiger partial charge in [-0.05, 0) is 30.2 Å². The third-order valence-electron chi connectivity index (χ3n) is 7.86. The van der Waals surface area contributed by atoms with Gasteiger partial charge in [-0.25, -0.2) is 4.79 Å². The van der Waals surface area contributed by atoms with Crippen LogP contribution in [0.2, 0.25) is 0 Å². The van der Waals surface area contributed by atoms with Crippen LogP contribution in [0, 0.1) is 6.92 Å². The molecule has 0 spiro atoms. The van der Waals surface area contributed by atoms with Crippen LogP contribution in [-0.4, -0.2) is 58.4 Å². The minimum Gasteiger partial charge on any atom is -0.484 e. The summed E-state index contributed by atoms with van der Waals surface area (Å²) in [5, 5.41) is 0. The van der Waals surface area contributed by atoms with Crippen molar-refractivity contribution in [1.82, 2.24) is 14.5 Å². The smallest absolute Gasteiger partial charge is 0.330 e. The van der Waals surface area contributed by atoms with E-state index in [2.05, 4.69) is 4.98 Å². The van der Waals surface area contributed by atoms with Gasteiger partial charge in [0.25, 0.3) is 11.5 Å². The molecule has 4 aromatic rings. The van der Waals surface area contributed by atoms with Gasteiger partial charge in [-0.3, -0.25) is 19.1 Å². The molecule has 1 amide bonds. The van der Waals surface area contributed by atoms with Crippen molar-refractivity contribution in [3.8, 4) is 5.75 Å². The van der Waals surface area contributed by atoms with Crippen LogP contribution in [0.15, 0.2) is 107 Å². The van der Waals surface area contributed by atoms with Crippen LogP contribution in [0.1, 0.15) is 16.7 Å². The number of nitrogens with zero attached hydrogens (tertiary/aromatic N) is 2. The summed E-state index contributed by atoms with van der Waals surface area (Å²) in [6, 6.07) is 27.9. The van der Waals surface area contributed by atoms with E-state index in [1.807, 2.05) is 78.9 Å². The molecule has 10 nitrogen and oxygen atoms in total. The summed E-state index contributed by atoms with van der Waals surface area (Å²) in [6.07, 6.45) is 0.215. The number of aromatic nitrogens is 2. The molecule has 3 heterocycles. The number of aryl methyl sites for hydroxylation is 1. The van der Waals surface area contributed by atoms with Crippen LogP contribution < -0.4 is 16.0 Å². The van der Waals surface area contributed by atoms with Gasteiger partial charge in [-0.1, -0.05) is 78.9 Å². The molecule has 0 unspecified atom stereocenters. The number of nitrogens with one attached hydrogen (secondary N) is 1. The van der Waals surface area contributed by atoms with E-state index in [0.717, 1.165) is 11.1 Å². The van der Waals surface area contributed by atoms with E-state index in [1.54, 1.807) is 24.0 Å². The average Bonchev–Trinajstić information content (AvgIpc) is 3.25. The van der Waals surface area contributed by atoms with E-state index >= 15 is 0 Å². The summed E-state index contributed by atoms with van der Waals surface area (Å²) in [7, 11) is 0. The highest BCUT2D eigenvalue weighted by molar-refractivity contribution is 5.79. The molecule has 1 N–H and O–H groups in total. The molecule has 222 valence electrons.